The zero-order valence-corrected chi connectivity index (χ0v) is 42.1. The lowest BCUT2D eigenvalue weighted by molar-refractivity contribution is 0.860. The van der Waals surface area contributed by atoms with Crippen LogP contribution < -0.4 is 9.80 Å². The normalized spacial score (nSPS) is 18.0. The Kier molecular flexibility index (Phi) is 27.9. The molecule has 3 atom stereocenters. The summed E-state index contributed by atoms with van der Waals surface area (Å²) in [5, 5.41) is 0. The molecule has 3 unspecified atom stereocenters. The zero-order chi connectivity index (χ0) is 48.7. The fourth-order valence-electron chi connectivity index (χ4n) is 7.58. The van der Waals surface area contributed by atoms with Crippen LogP contribution in [0.5, 0.6) is 0 Å². The molecule has 0 saturated carbocycles. The summed E-state index contributed by atoms with van der Waals surface area (Å²) in [6.45, 7) is 41.2. The van der Waals surface area contributed by atoms with Crippen LogP contribution in [-0.2, 0) is 0 Å². The Labute approximate surface area is 398 Å². The number of hydrogen-bond acceptors (Lipinski definition) is 2. The summed E-state index contributed by atoms with van der Waals surface area (Å²) in [5.74, 6) is 2.73. The van der Waals surface area contributed by atoms with Gasteiger partial charge in [-0.2, -0.15) is 0 Å². The van der Waals surface area contributed by atoms with Crippen LogP contribution >= 0.6 is 0 Å². The second-order valence-electron chi connectivity index (χ2n) is 14.2. The summed E-state index contributed by atoms with van der Waals surface area (Å²) >= 11 is 0. The van der Waals surface area contributed by atoms with E-state index in [1.807, 2.05) is 85.8 Å². The van der Waals surface area contributed by atoms with Gasteiger partial charge in [-0.25, -0.2) is 0 Å². The van der Waals surface area contributed by atoms with Gasteiger partial charge in [-0.15, -0.1) is 25.5 Å². The Morgan fingerprint density at radius 3 is 2.05 bits per heavy atom. The van der Waals surface area contributed by atoms with Crippen molar-refractivity contribution in [1.29, 1.82) is 0 Å². The highest BCUT2D eigenvalue weighted by atomic mass is 15.2. The summed E-state index contributed by atoms with van der Waals surface area (Å²) < 4.78 is 0. The van der Waals surface area contributed by atoms with Crippen molar-refractivity contribution in [2.45, 2.75) is 89.5 Å². The number of terminal acetylenes is 1. The molecule has 2 heteroatoms. The minimum atomic E-state index is 0.125. The van der Waals surface area contributed by atoms with Gasteiger partial charge in [0.15, 0.2) is 0 Å². The number of fused-ring (bicyclic) bond motifs is 1. The molecule has 0 bridgehead atoms. The average molecular weight is 865 g/mol. The SMILES string of the molecule is C#CC.C=C/C=C(\C=C)c1cccc(N2C(/C=C\C)=C(C)C3C=CC/C(C4C=CC(C(C)C=C)=C(N(CC=C)c5ccc(-c6ccccc6)cc5)C=C4)=C\C=C/32)c1.CC.CC.CC.CC. The summed E-state index contributed by atoms with van der Waals surface area (Å²) in [5.41, 5.74) is 14.4. The molecule has 0 saturated heterocycles. The molecular weight excluding hydrogens is 785 g/mol. The van der Waals surface area contributed by atoms with Crippen LogP contribution in [0.4, 0.5) is 11.4 Å². The van der Waals surface area contributed by atoms with Crippen LogP contribution in [0.3, 0.4) is 0 Å². The molecule has 1 heterocycles. The third-order valence-corrected chi connectivity index (χ3v) is 10.5. The van der Waals surface area contributed by atoms with Gasteiger partial charge in [-0.3, -0.25) is 0 Å². The van der Waals surface area contributed by atoms with E-state index >= 15 is 0 Å². The second kappa shape index (κ2) is 32.2. The minimum absolute atomic E-state index is 0.125. The zero-order valence-electron chi connectivity index (χ0n) is 42.1. The van der Waals surface area contributed by atoms with Gasteiger partial charge in [0.05, 0.1) is 0 Å². The van der Waals surface area contributed by atoms with Crippen LogP contribution in [0, 0.1) is 30.1 Å². The van der Waals surface area contributed by atoms with Crippen molar-refractivity contribution in [3.05, 3.63) is 236 Å². The first-order chi connectivity index (χ1) is 31.8. The molecule has 0 spiro atoms. The lowest BCUT2D eigenvalue weighted by Crippen LogP contribution is -2.23. The molecule has 0 radical (unpaired) electrons. The predicted octanol–water partition coefficient (Wildman–Crippen LogP) is 18.4. The highest BCUT2D eigenvalue weighted by Crippen LogP contribution is 2.44. The number of benzene rings is 3. The monoisotopic (exact) mass is 865 g/mol. The molecule has 0 N–H and O–H groups in total. The largest absolute Gasteiger partial charge is 0.337 e. The molecule has 0 fully saturated rings. The lowest BCUT2D eigenvalue weighted by Gasteiger charge is -2.28. The minimum Gasteiger partial charge on any atom is -0.337 e. The van der Waals surface area contributed by atoms with Gasteiger partial charge in [-0.05, 0) is 103 Å². The van der Waals surface area contributed by atoms with E-state index in [1.54, 1.807) is 6.92 Å². The predicted molar refractivity (Wildman–Crippen MR) is 296 cm³/mol. The first-order valence-corrected chi connectivity index (χ1v) is 23.7. The molecule has 3 aliphatic rings. The third-order valence-electron chi connectivity index (χ3n) is 10.5. The van der Waals surface area contributed by atoms with Crippen LogP contribution in [0.1, 0.15) is 95.1 Å². The van der Waals surface area contributed by atoms with Gasteiger partial charge < -0.3 is 9.80 Å². The highest BCUT2D eigenvalue weighted by molar-refractivity contribution is 5.79. The molecule has 0 amide bonds. The van der Waals surface area contributed by atoms with Crippen molar-refractivity contribution in [1.82, 2.24) is 0 Å². The highest BCUT2D eigenvalue weighted by Gasteiger charge is 2.33. The van der Waals surface area contributed by atoms with E-state index in [-0.39, 0.29) is 17.8 Å². The quantitative estimate of drug-likeness (QED) is 0.0959. The van der Waals surface area contributed by atoms with Crippen molar-refractivity contribution >= 4 is 16.9 Å². The standard InChI is InChI=1S/C52H52N2.C3H4.4C2H6/c1-8-18-40(12-5)45-23-16-24-47(37-45)54-50(19-9-2)39(7)49-25-17-22-42(30-35-52(49)54)44-28-33-48(38(6)11-4)51(34-29-44)53(36-10-3)46-31-26-43(27-32-46)41-20-14-13-15-21-41;1-3-2;4*1-2/h8-21,23-35,37-38,44,49H,1,3-5,22,36H2,2,6-7H3;1H,2H3;4*1-2H3/b19-9-,25-17?,40-18+,42-30+,52-35+;;;;;. The summed E-state index contributed by atoms with van der Waals surface area (Å²) in [4.78, 5) is 4.78. The molecule has 2 nitrogen and oxygen atoms in total. The fraction of sp³-hybridized carbons (Fsp3) is 0.270. The maximum absolute atomic E-state index is 4.60. The smallest absolute Gasteiger partial charge is 0.0464 e. The van der Waals surface area contributed by atoms with E-state index in [9.17, 15) is 0 Å². The van der Waals surface area contributed by atoms with Gasteiger partial charge in [0.25, 0.3) is 0 Å². The van der Waals surface area contributed by atoms with Crippen molar-refractivity contribution in [3.63, 3.8) is 0 Å². The second-order valence-corrected chi connectivity index (χ2v) is 14.2. The lowest BCUT2D eigenvalue weighted by atomic mass is 9.90. The van der Waals surface area contributed by atoms with E-state index in [1.165, 1.54) is 39.2 Å². The number of hydrogen-bond donors (Lipinski definition) is 0. The fourth-order valence-corrected chi connectivity index (χ4v) is 7.58. The molecule has 0 aromatic heterocycles. The van der Waals surface area contributed by atoms with Crippen molar-refractivity contribution < 1.29 is 0 Å². The first-order valence-electron chi connectivity index (χ1n) is 23.7. The van der Waals surface area contributed by atoms with E-state index in [2.05, 4.69) is 209 Å². The number of anilines is 2. The average Bonchev–Trinajstić information content (AvgIpc) is 3.46. The Hall–Kier alpha value is -6.56. The summed E-state index contributed by atoms with van der Waals surface area (Å²) in [7, 11) is 0. The van der Waals surface area contributed by atoms with Crippen molar-refractivity contribution in [3.8, 4) is 23.5 Å². The molecule has 2 aliphatic carbocycles. The topological polar surface area (TPSA) is 6.48 Å². The van der Waals surface area contributed by atoms with Crippen LogP contribution in [-0.4, -0.2) is 6.54 Å². The van der Waals surface area contributed by atoms with Crippen molar-refractivity contribution in [2.75, 3.05) is 16.3 Å². The Morgan fingerprint density at radius 2 is 1.46 bits per heavy atom. The maximum Gasteiger partial charge on any atom is 0.0464 e. The van der Waals surface area contributed by atoms with Gasteiger partial charge in [0, 0.05) is 52.8 Å². The maximum atomic E-state index is 4.60. The first kappa shape index (κ1) is 56.5. The van der Waals surface area contributed by atoms with E-state index < -0.39 is 0 Å². The van der Waals surface area contributed by atoms with Crippen LogP contribution in [0.25, 0.3) is 16.7 Å². The summed E-state index contributed by atoms with van der Waals surface area (Å²) in [6, 6.07) is 28.1. The Morgan fingerprint density at radius 1 is 0.831 bits per heavy atom. The molecule has 65 heavy (non-hydrogen) atoms. The molecule has 3 aromatic rings. The molecule has 1 aliphatic heterocycles. The molecule has 342 valence electrons. The van der Waals surface area contributed by atoms with E-state index in [0.29, 0.717) is 6.54 Å². The van der Waals surface area contributed by atoms with Crippen molar-refractivity contribution in [2.24, 2.45) is 17.8 Å². The van der Waals surface area contributed by atoms with Crippen LogP contribution in [0.15, 0.2) is 230 Å². The van der Waals surface area contributed by atoms with E-state index in [0.717, 1.165) is 34.6 Å². The Balaban J connectivity index is 0.00000177. The number of allylic oxidation sites excluding steroid dienone is 17. The van der Waals surface area contributed by atoms with Gasteiger partial charge in [0.1, 0.15) is 0 Å². The molecule has 6 rings (SSSR count). The molecule has 3 aromatic carbocycles. The van der Waals surface area contributed by atoms with E-state index in [4.69, 9.17) is 0 Å². The summed E-state index contributed by atoms with van der Waals surface area (Å²) in [6.07, 6.45) is 38.3. The Bertz CT molecular complexity index is 2270. The molecular formula is C63H80N2. The van der Waals surface area contributed by atoms with Crippen LogP contribution in [0.2, 0.25) is 0 Å². The third kappa shape index (κ3) is 15.3. The van der Waals surface area contributed by atoms with Gasteiger partial charge in [0.2, 0.25) is 0 Å². The number of nitrogens with zero attached hydrogens (tertiary/aromatic N) is 2. The number of rotatable bonds is 13. The van der Waals surface area contributed by atoms with Gasteiger partial charge in [-0.1, -0.05) is 209 Å². The van der Waals surface area contributed by atoms with Gasteiger partial charge >= 0.3 is 0 Å².